The lowest BCUT2D eigenvalue weighted by molar-refractivity contribution is 0.186. The van der Waals surface area contributed by atoms with Crippen LogP contribution < -0.4 is 11.0 Å². The first-order valence-corrected chi connectivity index (χ1v) is 8.25. The molecule has 2 rings (SSSR count). The van der Waals surface area contributed by atoms with Gasteiger partial charge < -0.3 is 10.2 Å². The molecule has 124 valence electrons. The normalized spacial score (nSPS) is 14.0. The number of amides is 2. The Kier molecular flexibility index (Phi) is 5.63. The van der Waals surface area contributed by atoms with Crippen molar-refractivity contribution in [1.29, 1.82) is 0 Å². The summed E-state index contributed by atoms with van der Waals surface area (Å²) in [6, 6.07) is 0.140. The molecule has 1 aromatic rings. The summed E-state index contributed by atoms with van der Waals surface area (Å²) in [5.41, 5.74) is -0.0154. The second kappa shape index (κ2) is 7.47. The van der Waals surface area contributed by atoms with Gasteiger partial charge in [-0.15, -0.1) is 0 Å². The van der Waals surface area contributed by atoms with Crippen LogP contribution >= 0.6 is 0 Å². The van der Waals surface area contributed by atoms with Gasteiger partial charge in [0.05, 0.1) is 0 Å². The van der Waals surface area contributed by atoms with E-state index in [4.69, 9.17) is 0 Å². The number of hydrogen-bond acceptors (Lipinski definition) is 3. The van der Waals surface area contributed by atoms with Gasteiger partial charge in [0.1, 0.15) is 5.82 Å². The van der Waals surface area contributed by atoms with Crippen LogP contribution in [-0.2, 0) is 19.5 Å². The van der Waals surface area contributed by atoms with E-state index in [1.807, 2.05) is 20.8 Å². The fourth-order valence-corrected chi connectivity index (χ4v) is 2.86. The third kappa shape index (κ3) is 3.69. The standard InChI is InChI=1S/C15H27N5O2/c1-4-18(12(2)3)14(21)16-9-7-11-20-15(22)19-10-6-5-8-13(19)17-20/h12H,4-11H2,1-3H3,(H,16,21). The summed E-state index contributed by atoms with van der Waals surface area (Å²) in [6.07, 6.45) is 3.75. The smallest absolute Gasteiger partial charge is 0.338 e. The highest BCUT2D eigenvalue weighted by Crippen LogP contribution is 2.09. The quantitative estimate of drug-likeness (QED) is 0.803. The monoisotopic (exact) mass is 309 g/mol. The fourth-order valence-electron chi connectivity index (χ4n) is 2.86. The predicted molar refractivity (Wildman–Crippen MR) is 85.0 cm³/mol. The number of nitrogens with one attached hydrogen (secondary N) is 1. The van der Waals surface area contributed by atoms with Crippen molar-refractivity contribution in [2.45, 2.75) is 65.6 Å². The maximum absolute atomic E-state index is 12.2. The van der Waals surface area contributed by atoms with Crippen molar-refractivity contribution >= 4 is 6.03 Å². The zero-order valence-electron chi connectivity index (χ0n) is 13.8. The second-order valence-electron chi connectivity index (χ2n) is 6.00. The molecule has 7 nitrogen and oxygen atoms in total. The van der Waals surface area contributed by atoms with E-state index < -0.39 is 0 Å². The molecule has 1 aliphatic heterocycles. The van der Waals surface area contributed by atoms with Crippen molar-refractivity contribution in [3.63, 3.8) is 0 Å². The lowest BCUT2D eigenvalue weighted by Crippen LogP contribution is -2.44. The van der Waals surface area contributed by atoms with Crippen molar-refractivity contribution in [3.05, 3.63) is 16.3 Å². The summed E-state index contributed by atoms with van der Waals surface area (Å²) >= 11 is 0. The predicted octanol–water partition coefficient (Wildman–Crippen LogP) is 1.21. The van der Waals surface area contributed by atoms with Crippen LogP contribution in [0.25, 0.3) is 0 Å². The SMILES string of the molecule is CCN(C(=O)NCCCn1nc2n(c1=O)CCCC2)C(C)C. The Morgan fingerprint density at radius 3 is 2.82 bits per heavy atom. The minimum absolute atomic E-state index is 0.0154. The summed E-state index contributed by atoms with van der Waals surface area (Å²) in [5.74, 6) is 0.900. The van der Waals surface area contributed by atoms with Crippen LogP contribution in [0.2, 0.25) is 0 Å². The molecule has 1 aliphatic rings. The fraction of sp³-hybridized carbons (Fsp3) is 0.800. The Morgan fingerprint density at radius 2 is 2.18 bits per heavy atom. The van der Waals surface area contributed by atoms with Crippen LogP contribution in [-0.4, -0.2) is 44.4 Å². The lowest BCUT2D eigenvalue weighted by atomic mass is 10.2. The summed E-state index contributed by atoms with van der Waals surface area (Å²) in [4.78, 5) is 25.9. The molecule has 0 fully saturated rings. The van der Waals surface area contributed by atoms with E-state index in [-0.39, 0.29) is 17.8 Å². The highest BCUT2D eigenvalue weighted by molar-refractivity contribution is 5.74. The maximum atomic E-state index is 12.2. The summed E-state index contributed by atoms with van der Waals surface area (Å²) in [6.45, 7) is 8.54. The van der Waals surface area contributed by atoms with E-state index in [2.05, 4.69) is 10.4 Å². The molecule has 7 heteroatoms. The molecule has 0 unspecified atom stereocenters. The largest absolute Gasteiger partial charge is 0.345 e. The molecule has 1 N–H and O–H groups in total. The molecule has 0 saturated heterocycles. The Labute approximate surface area is 131 Å². The number of hydrogen-bond donors (Lipinski definition) is 1. The van der Waals surface area contributed by atoms with Crippen LogP contribution in [0.3, 0.4) is 0 Å². The number of carbonyl (C=O) groups is 1. The van der Waals surface area contributed by atoms with Gasteiger partial charge in [0.25, 0.3) is 0 Å². The van der Waals surface area contributed by atoms with Crippen molar-refractivity contribution < 1.29 is 4.79 Å². The maximum Gasteiger partial charge on any atom is 0.345 e. The minimum Gasteiger partial charge on any atom is -0.338 e. The second-order valence-corrected chi connectivity index (χ2v) is 6.00. The molecule has 0 aliphatic carbocycles. The first kappa shape index (κ1) is 16.6. The minimum atomic E-state index is -0.0472. The van der Waals surface area contributed by atoms with E-state index in [0.29, 0.717) is 26.1 Å². The van der Waals surface area contributed by atoms with Gasteiger partial charge in [0.15, 0.2) is 0 Å². The van der Waals surface area contributed by atoms with E-state index >= 15 is 0 Å². The molecular weight excluding hydrogens is 282 g/mol. The Hall–Kier alpha value is -1.79. The van der Waals surface area contributed by atoms with Gasteiger partial charge in [-0.1, -0.05) is 0 Å². The average molecular weight is 309 g/mol. The summed E-state index contributed by atoms with van der Waals surface area (Å²) in [5, 5.41) is 7.29. The van der Waals surface area contributed by atoms with Crippen LogP contribution in [0.1, 0.15) is 45.9 Å². The molecular formula is C15H27N5O2. The zero-order valence-corrected chi connectivity index (χ0v) is 13.8. The molecule has 1 aromatic heterocycles. The Morgan fingerprint density at radius 1 is 1.41 bits per heavy atom. The highest BCUT2D eigenvalue weighted by atomic mass is 16.2. The number of carbonyl (C=O) groups excluding carboxylic acids is 1. The van der Waals surface area contributed by atoms with Gasteiger partial charge in [-0.3, -0.25) is 4.57 Å². The molecule has 2 heterocycles. The Balaban J connectivity index is 1.81. The Bertz CT molecular complexity index is 561. The van der Waals surface area contributed by atoms with Gasteiger partial charge in [-0.2, -0.15) is 5.10 Å². The molecule has 0 atom stereocenters. The van der Waals surface area contributed by atoms with Crippen LogP contribution in [0, 0.1) is 0 Å². The van der Waals surface area contributed by atoms with Crippen LogP contribution in [0.4, 0.5) is 4.79 Å². The molecule has 0 radical (unpaired) electrons. The van der Waals surface area contributed by atoms with Gasteiger partial charge in [-0.25, -0.2) is 14.3 Å². The third-order valence-electron chi connectivity index (χ3n) is 4.08. The number of urea groups is 1. The summed E-state index contributed by atoms with van der Waals surface area (Å²) in [7, 11) is 0. The van der Waals surface area contributed by atoms with Gasteiger partial charge in [-0.05, 0) is 40.0 Å². The van der Waals surface area contributed by atoms with Crippen LogP contribution in [0.5, 0.6) is 0 Å². The molecule has 22 heavy (non-hydrogen) atoms. The van der Waals surface area contributed by atoms with Gasteiger partial charge in [0, 0.05) is 38.6 Å². The van der Waals surface area contributed by atoms with E-state index in [1.54, 1.807) is 9.47 Å². The molecule has 0 spiro atoms. The molecule has 0 aromatic carbocycles. The molecule has 0 bridgehead atoms. The van der Waals surface area contributed by atoms with Crippen molar-refractivity contribution in [1.82, 2.24) is 24.6 Å². The van der Waals surface area contributed by atoms with Gasteiger partial charge in [0.2, 0.25) is 0 Å². The van der Waals surface area contributed by atoms with Gasteiger partial charge >= 0.3 is 11.7 Å². The number of aryl methyl sites for hydroxylation is 2. The van der Waals surface area contributed by atoms with Crippen LogP contribution in [0.15, 0.2) is 4.79 Å². The topological polar surface area (TPSA) is 72.2 Å². The molecule has 2 amide bonds. The van der Waals surface area contributed by atoms with E-state index in [9.17, 15) is 9.59 Å². The number of rotatable bonds is 6. The first-order chi connectivity index (χ1) is 10.5. The van der Waals surface area contributed by atoms with Crippen molar-refractivity contribution in [2.75, 3.05) is 13.1 Å². The van der Waals surface area contributed by atoms with E-state index in [0.717, 1.165) is 31.6 Å². The third-order valence-corrected chi connectivity index (χ3v) is 4.08. The van der Waals surface area contributed by atoms with Crippen molar-refractivity contribution in [2.24, 2.45) is 0 Å². The summed E-state index contributed by atoms with van der Waals surface area (Å²) < 4.78 is 3.31. The average Bonchev–Trinajstić information content (AvgIpc) is 2.81. The first-order valence-electron chi connectivity index (χ1n) is 8.25. The lowest BCUT2D eigenvalue weighted by Gasteiger charge is -2.25. The number of aromatic nitrogens is 3. The highest BCUT2D eigenvalue weighted by Gasteiger charge is 2.17. The molecule has 0 saturated carbocycles. The van der Waals surface area contributed by atoms with Crippen molar-refractivity contribution in [3.8, 4) is 0 Å². The zero-order chi connectivity index (χ0) is 16.1. The number of fused-ring (bicyclic) bond motifs is 1. The van der Waals surface area contributed by atoms with E-state index in [1.165, 1.54) is 4.68 Å². The number of nitrogens with zero attached hydrogens (tertiary/aromatic N) is 4.